The first kappa shape index (κ1) is 20.3. The molecule has 0 unspecified atom stereocenters. The molecule has 2 rings (SSSR count). The van der Waals surface area contributed by atoms with Gasteiger partial charge in [-0.2, -0.15) is 0 Å². The fourth-order valence-corrected chi connectivity index (χ4v) is 2.46. The third kappa shape index (κ3) is 8.27. The summed E-state index contributed by atoms with van der Waals surface area (Å²) in [6, 6.07) is 18.3. The molecule has 2 aromatic carbocycles. The zero-order chi connectivity index (χ0) is 19.7. The van der Waals surface area contributed by atoms with Gasteiger partial charge >= 0.3 is 12.1 Å². The molecule has 0 aliphatic carbocycles. The van der Waals surface area contributed by atoms with Gasteiger partial charge in [-0.25, -0.2) is 9.59 Å². The summed E-state index contributed by atoms with van der Waals surface area (Å²) in [6.07, 6.45) is 0.0693. The Labute approximate surface area is 160 Å². The third-order valence-corrected chi connectivity index (χ3v) is 3.59. The fraction of sp³-hybridized carbons (Fsp3) is 0.333. The smallest absolute Gasteiger partial charge is 0.407 e. The minimum atomic E-state index is -0.584. The van der Waals surface area contributed by atoms with Gasteiger partial charge in [-0.1, -0.05) is 48.5 Å². The van der Waals surface area contributed by atoms with Crippen molar-refractivity contribution in [2.24, 2.45) is 0 Å². The summed E-state index contributed by atoms with van der Waals surface area (Å²) in [5.74, 6) is 0. The first-order chi connectivity index (χ1) is 12.8. The van der Waals surface area contributed by atoms with E-state index in [4.69, 9.17) is 4.74 Å². The van der Waals surface area contributed by atoms with Crippen molar-refractivity contribution in [1.29, 1.82) is 0 Å². The van der Waals surface area contributed by atoms with Gasteiger partial charge in [-0.05, 0) is 44.9 Å². The van der Waals surface area contributed by atoms with E-state index in [2.05, 4.69) is 16.0 Å². The van der Waals surface area contributed by atoms with E-state index < -0.39 is 11.7 Å². The van der Waals surface area contributed by atoms with Crippen molar-refractivity contribution in [3.05, 3.63) is 66.2 Å². The molecule has 1 atom stereocenters. The molecular weight excluding hydrogens is 342 g/mol. The standard InChI is InChI=1S/C21H27N3O3/c1-21(2,3)27-20(26)24-18(14-16-10-6-4-7-11-16)15-22-19(25)23-17-12-8-5-9-13-17/h4-13,18H,14-15H2,1-3H3,(H,24,26)(H2,22,23,25)/t18-/m0/s1. The molecule has 0 aliphatic rings. The first-order valence-electron chi connectivity index (χ1n) is 8.95. The summed E-state index contributed by atoms with van der Waals surface area (Å²) >= 11 is 0. The third-order valence-electron chi connectivity index (χ3n) is 3.59. The monoisotopic (exact) mass is 369 g/mol. The second-order valence-corrected chi connectivity index (χ2v) is 7.23. The maximum absolute atomic E-state index is 12.1. The van der Waals surface area contributed by atoms with Crippen molar-refractivity contribution in [2.45, 2.75) is 38.8 Å². The lowest BCUT2D eigenvalue weighted by molar-refractivity contribution is 0.0504. The lowest BCUT2D eigenvalue weighted by Crippen LogP contribution is -2.47. The van der Waals surface area contributed by atoms with Gasteiger partial charge in [-0.15, -0.1) is 0 Å². The van der Waals surface area contributed by atoms with E-state index in [1.165, 1.54) is 0 Å². The van der Waals surface area contributed by atoms with Crippen molar-refractivity contribution >= 4 is 17.8 Å². The van der Waals surface area contributed by atoms with Crippen LogP contribution in [0.15, 0.2) is 60.7 Å². The van der Waals surface area contributed by atoms with Gasteiger partial charge in [0.1, 0.15) is 5.60 Å². The number of hydrogen-bond acceptors (Lipinski definition) is 3. The van der Waals surface area contributed by atoms with Crippen molar-refractivity contribution in [3.8, 4) is 0 Å². The summed E-state index contributed by atoms with van der Waals surface area (Å²) in [5.41, 5.74) is 1.18. The average molecular weight is 369 g/mol. The number of urea groups is 1. The number of amides is 3. The van der Waals surface area contributed by atoms with Crippen LogP contribution >= 0.6 is 0 Å². The van der Waals surface area contributed by atoms with E-state index in [0.717, 1.165) is 5.56 Å². The molecule has 144 valence electrons. The van der Waals surface area contributed by atoms with Gasteiger partial charge in [0, 0.05) is 12.2 Å². The van der Waals surface area contributed by atoms with Gasteiger partial charge in [0.05, 0.1) is 6.04 Å². The molecule has 3 amide bonds. The number of hydrogen-bond donors (Lipinski definition) is 3. The second-order valence-electron chi connectivity index (χ2n) is 7.23. The number of carbonyl (C=O) groups is 2. The molecule has 0 fully saturated rings. The lowest BCUT2D eigenvalue weighted by Gasteiger charge is -2.24. The Balaban J connectivity index is 1.94. The van der Waals surface area contributed by atoms with E-state index in [0.29, 0.717) is 12.1 Å². The van der Waals surface area contributed by atoms with Crippen LogP contribution in [0.5, 0.6) is 0 Å². The first-order valence-corrected chi connectivity index (χ1v) is 8.95. The molecule has 0 aliphatic heterocycles. The topological polar surface area (TPSA) is 79.5 Å². The van der Waals surface area contributed by atoms with E-state index in [1.54, 1.807) is 12.1 Å². The zero-order valence-corrected chi connectivity index (χ0v) is 16.0. The zero-order valence-electron chi connectivity index (χ0n) is 16.0. The highest BCUT2D eigenvalue weighted by atomic mass is 16.6. The van der Waals surface area contributed by atoms with Crippen LogP contribution < -0.4 is 16.0 Å². The molecule has 6 heteroatoms. The number of alkyl carbamates (subject to hydrolysis) is 1. The molecule has 0 spiro atoms. The SMILES string of the molecule is CC(C)(C)OC(=O)N[C@H](CNC(=O)Nc1ccccc1)Cc1ccccc1. The highest BCUT2D eigenvalue weighted by Crippen LogP contribution is 2.09. The summed E-state index contributed by atoms with van der Waals surface area (Å²) in [7, 11) is 0. The number of rotatable bonds is 6. The molecule has 3 N–H and O–H groups in total. The largest absolute Gasteiger partial charge is 0.444 e. The summed E-state index contributed by atoms with van der Waals surface area (Å²) < 4.78 is 5.33. The Hall–Kier alpha value is -3.02. The van der Waals surface area contributed by atoms with E-state index in [1.807, 2.05) is 69.3 Å². The summed E-state index contributed by atoms with van der Waals surface area (Å²) in [5, 5.41) is 8.40. The minimum absolute atomic E-state index is 0.271. The molecule has 27 heavy (non-hydrogen) atoms. The normalized spacial score (nSPS) is 12.0. The number of carbonyl (C=O) groups excluding carboxylic acids is 2. The minimum Gasteiger partial charge on any atom is -0.444 e. The number of nitrogens with one attached hydrogen (secondary N) is 3. The van der Waals surface area contributed by atoms with Crippen LogP contribution in [0.1, 0.15) is 26.3 Å². The molecule has 0 radical (unpaired) electrons. The molecule has 0 saturated heterocycles. The lowest BCUT2D eigenvalue weighted by atomic mass is 10.1. The number of anilines is 1. The highest BCUT2D eigenvalue weighted by Gasteiger charge is 2.20. The maximum Gasteiger partial charge on any atom is 0.407 e. The molecule has 0 bridgehead atoms. The molecule has 6 nitrogen and oxygen atoms in total. The van der Waals surface area contributed by atoms with E-state index in [-0.39, 0.29) is 18.6 Å². The molecule has 0 saturated carbocycles. The van der Waals surface area contributed by atoms with Crippen LogP contribution in [-0.2, 0) is 11.2 Å². The van der Waals surface area contributed by atoms with Crippen LogP contribution in [0.2, 0.25) is 0 Å². The Morgan fingerprint density at radius 1 is 0.963 bits per heavy atom. The second kappa shape index (κ2) is 9.62. The van der Waals surface area contributed by atoms with Gasteiger partial charge in [0.2, 0.25) is 0 Å². The average Bonchev–Trinajstić information content (AvgIpc) is 2.60. The molecule has 2 aromatic rings. The van der Waals surface area contributed by atoms with Crippen LogP contribution in [0.4, 0.5) is 15.3 Å². The van der Waals surface area contributed by atoms with Gasteiger partial charge < -0.3 is 20.7 Å². The number of para-hydroxylation sites is 1. The van der Waals surface area contributed by atoms with Crippen LogP contribution in [-0.4, -0.2) is 30.3 Å². The fourth-order valence-electron chi connectivity index (χ4n) is 2.46. The van der Waals surface area contributed by atoms with Crippen molar-refractivity contribution < 1.29 is 14.3 Å². The highest BCUT2D eigenvalue weighted by molar-refractivity contribution is 5.89. The van der Waals surface area contributed by atoms with Crippen LogP contribution in [0.25, 0.3) is 0 Å². The van der Waals surface area contributed by atoms with Gasteiger partial charge in [0.25, 0.3) is 0 Å². The van der Waals surface area contributed by atoms with Crippen molar-refractivity contribution in [2.75, 3.05) is 11.9 Å². The Kier molecular flexibility index (Phi) is 7.23. The van der Waals surface area contributed by atoms with E-state index in [9.17, 15) is 9.59 Å². The van der Waals surface area contributed by atoms with Crippen molar-refractivity contribution in [1.82, 2.24) is 10.6 Å². The molecule has 0 aromatic heterocycles. The van der Waals surface area contributed by atoms with Gasteiger partial charge in [-0.3, -0.25) is 0 Å². The van der Waals surface area contributed by atoms with Crippen LogP contribution in [0.3, 0.4) is 0 Å². The summed E-state index contributed by atoms with van der Waals surface area (Å²) in [6.45, 7) is 5.70. The molecular formula is C21H27N3O3. The predicted octanol–water partition coefficient (Wildman–Crippen LogP) is 3.94. The Morgan fingerprint density at radius 2 is 1.56 bits per heavy atom. The van der Waals surface area contributed by atoms with Crippen molar-refractivity contribution in [3.63, 3.8) is 0 Å². The Morgan fingerprint density at radius 3 is 2.15 bits per heavy atom. The number of ether oxygens (including phenoxy) is 1. The Bertz CT molecular complexity index is 727. The van der Waals surface area contributed by atoms with E-state index >= 15 is 0 Å². The van der Waals surface area contributed by atoms with Crippen LogP contribution in [0, 0.1) is 0 Å². The molecule has 0 heterocycles. The number of benzene rings is 2. The van der Waals surface area contributed by atoms with Gasteiger partial charge in [0.15, 0.2) is 0 Å². The quantitative estimate of drug-likeness (QED) is 0.721. The predicted molar refractivity (Wildman–Crippen MR) is 107 cm³/mol. The summed E-state index contributed by atoms with van der Waals surface area (Å²) in [4.78, 5) is 24.3. The maximum atomic E-state index is 12.1.